The Balaban J connectivity index is 0.000000234. The Hall–Kier alpha value is -10.0. The number of nitrogens with one attached hydrogen (secondary N) is 9. The SMILES string of the molecule is CNS(=O)(=O)c1cccc([C@@H]2CC[C@@H](C)CN2)c1.CNS(=O)(=O)c1cccc([C@@H]2CC[C@@H](C)CN2C(=O)C(=O)Nc2cnc(N)c(C)c2)c1.CNS(=O)(=O)c1cccc([C@@H]2CC[C@@H](C)CN2C(=O)C(=O)Nc2cnc(NC(=O)OC(C)(C)C)c(C)c2)c1.Cc1cc(NC(=O)C(=O)O)cnc1NC(=O)OC(C)(C)C. The highest BCUT2D eigenvalue weighted by atomic mass is 32.2. The molecule has 0 radical (unpaired) electrons. The summed E-state index contributed by atoms with van der Waals surface area (Å²) in [5.41, 5.74) is 9.47. The molecule has 586 valence electrons. The number of carbonyl (C=O) groups is 8. The molecule has 108 heavy (non-hydrogen) atoms. The molecule has 6 atom stereocenters. The summed E-state index contributed by atoms with van der Waals surface area (Å²) in [6.45, 7) is 23.5. The summed E-state index contributed by atoms with van der Waals surface area (Å²) in [4.78, 5) is 113. The van der Waals surface area contributed by atoms with E-state index in [0.717, 1.165) is 31.4 Å². The number of carbonyl (C=O) groups excluding carboxylic acids is 7. The molecule has 0 saturated carbocycles. The van der Waals surface area contributed by atoms with E-state index in [2.05, 4.69) is 67.9 Å². The standard InChI is InChI=1S/C26H35N5O6S.C21H27N5O4S.C13H17N3O5.C13H20N2O2S/c1-16-10-11-21(18-8-7-9-20(13-18)38(35,36)27-6)31(15-16)24(33)23(32)29-19-12-17(2)22(28-14-19)30-25(34)37-26(3,4)5;1-13-7-8-18(15-5-4-6-17(10-15)31(29,30)23-3)26(12-13)21(28)20(27)25-16-9-14(2)19(22)24-11-16;1-7-5-8(15-10(17)11(18)19)6-14-9(7)16-12(20)21-13(2,3)4;1-10-6-7-13(15-9-10)11-4-3-5-12(8-11)18(16,17)14-2/h7-9,12-14,16,21,27H,10-11,15H2,1-6H3,(H,29,32)(H,28,30,34);4-6,9-11,13,18,23H,7-8,12H2,1-3H3,(H2,22,24)(H,25,27);5-6H,1-4H3,(H,15,17)(H,18,19)(H,14,16,20);3-5,8,10,13-15H,6-7,9H2,1-2H3/t16-,21+;13-,18+;;10-,13+/m11.1/s1. The van der Waals surface area contributed by atoms with Gasteiger partial charge >= 0.3 is 47.7 Å². The lowest BCUT2D eigenvalue weighted by Crippen LogP contribution is -2.46. The summed E-state index contributed by atoms with van der Waals surface area (Å²) < 4.78 is 89.7. The third-order valence-corrected chi connectivity index (χ3v) is 21.4. The number of benzene rings is 3. The van der Waals surface area contributed by atoms with Crippen molar-refractivity contribution in [2.24, 2.45) is 17.8 Å². The van der Waals surface area contributed by atoms with Gasteiger partial charge < -0.3 is 51.4 Å². The minimum absolute atomic E-state index is 0.0922. The Morgan fingerprint density at radius 2 is 0.833 bits per heavy atom. The molecule has 32 nitrogen and oxygen atoms in total. The van der Waals surface area contributed by atoms with Crippen LogP contribution in [0.3, 0.4) is 0 Å². The van der Waals surface area contributed by atoms with Gasteiger partial charge in [0.25, 0.3) is 0 Å². The molecule has 3 aromatic heterocycles. The quantitative estimate of drug-likeness (QED) is 0.0453. The van der Waals surface area contributed by atoms with E-state index in [0.29, 0.717) is 81.8 Å². The van der Waals surface area contributed by atoms with E-state index in [9.17, 15) is 63.6 Å². The molecular formula is C73H99N15O17S3. The third-order valence-electron chi connectivity index (χ3n) is 17.2. The van der Waals surface area contributed by atoms with Crippen LogP contribution in [-0.2, 0) is 68.3 Å². The van der Waals surface area contributed by atoms with Crippen molar-refractivity contribution in [3.63, 3.8) is 0 Å². The Kier molecular flexibility index (Phi) is 30.3. The van der Waals surface area contributed by atoms with Crippen molar-refractivity contribution in [2.75, 3.05) is 73.1 Å². The Morgan fingerprint density at radius 3 is 1.18 bits per heavy atom. The fourth-order valence-electron chi connectivity index (χ4n) is 11.6. The highest BCUT2D eigenvalue weighted by molar-refractivity contribution is 7.90. The first-order valence-electron chi connectivity index (χ1n) is 34.7. The van der Waals surface area contributed by atoms with Gasteiger partial charge in [-0.2, -0.15) is 0 Å². The lowest BCUT2D eigenvalue weighted by Gasteiger charge is -2.38. The molecule has 12 N–H and O–H groups in total. The number of aryl methyl sites for hydroxylation is 3. The number of nitrogens with two attached hydrogens (primary N) is 1. The summed E-state index contributed by atoms with van der Waals surface area (Å²) in [6, 6.07) is 24.2. The van der Waals surface area contributed by atoms with Crippen LogP contribution in [0.15, 0.2) is 124 Å². The summed E-state index contributed by atoms with van der Waals surface area (Å²) in [6.07, 6.45) is 7.82. The van der Waals surface area contributed by atoms with Crippen molar-refractivity contribution in [1.82, 2.24) is 44.2 Å². The molecule has 0 spiro atoms. The molecule has 6 aromatic rings. The van der Waals surface area contributed by atoms with Gasteiger partial charge in [-0.05, 0) is 234 Å². The number of amides is 7. The number of piperidine rings is 3. The molecule has 3 aliphatic heterocycles. The lowest BCUT2D eigenvalue weighted by molar-refractivity contribution is -0.147. The average molecular weight is 1550 g/mol. The maximum absolute atomic E-state index is 13.3. The fourth-order valence-corrected chi connectivity index (χ4v) is 13.9. The highest BCUT2D eigenvalue weighted by Gasteiger charge is 2.37. The van der Waals surface area contributed by atoms with Crippen molar-refractivity contribution in [3.05, 3.63) is 143 Å². The first kappa shape index (κ1) is 86.9. The van der Waals surface area contributed by atoms with Crippen LogP contribution in [0.2, 0.25) is 0 Å². The zero-order chi connectivity index (χ0) is 80.4. The van der Waals surface area contributed by atoms with E-state index in [-0.39, 0.29) is 45.0 Å². The van der Waals surface area contributed by atoms with Gasteiger partial charge in [-0.3, -0.25) is 34.6 Å². The van der Waals surface area contributed by atoms with Crippen LogP contribution in [-0.4, -0.2) is 155 Å². The molecule has 35 heteroatoms. The third kappa shape index (κ3) is 25.6. The summed E-state index contributed by atoms with van der Waals surface area (Å²) >= 11 is 0. The number of carboxylic acids is 1. The van der Waals surface area contributed by atoms with Gasteiger partial charge in [-0.1, -0.05) is 57.2 Å². The van der Waals surface area contributed by atoms with Crippen molar-refractivity contribution < 1.29 is 78.2 Å². The first-order chi connectivity index (χ1) is 50.4. The number of aliphatic carboxylic acids is 1. The van der Waals surface area contributed by atoms with Gasteiger partial charge in [0.1, 0.15) is 28.7 Å². The number of rotatable bonds is 14. The smallest absolute Gasteiger partial charge is 0.413 e. The van der Waals surface area contributed by atoms with Gasteiger partial charge in [0.15, 0.2) is 0 Å². The van der Waals surface area contributed by atoms with Crippen molar-refractivity contribution in [1.29, 1.82) is 0 Å². The van der Waals surface area contributed by atoms with Crippen LogP contribution in [0.5, 0.6) is 0 Å². The van der Waals surface area contributed by atoms with Crippen LogP contribution in [0.25, 0.3) is 0 Å². The highest BCUT2D eigenvalue weighted by Crippen LogP contribution is 2.37. The molecule has 3 aliphatic rings. The number of hydrogen-bond donors (Lipinski definition) is 11. The van der Waals surface area contributed by atoms with Crippen LogP contribution >= 0.6 is 0 Å². The Bertz CT molecular complexity index is 4620. The average Bonchev–Trinajstić information content (AvgIpc) is 0.799. The fraction of sp³-hybridized carbons (Fsp3) is 0.438. The molecule has 7 amide bonds. The number of ether oxygens (including phenoxy) is 2. The number of likely N-dealkylation sites (tertiary alicyclic amines) is 2. The zero-order valence-corrected chi connectivity index (χ0v) is 65.7. The lowest BCUT2D eigenvalue weighted by atomic mass is 9.90. The number of sulfonamides is 3. The van der Waals surface area contributed by atoms with E-state index < -0.39 is 101 Å². The first-order valence-corrected chi connectivity index (χ1v) is 39.2. The van der Waals surface area contributed by atoms with Gasteiger partial charge in [0, 0.05) is 19.1 Å². The van der Waals surface area contributed by atoms with Gasteiger partial charge in [-0.25, -0.2) is 68.8 Å². The van der Waals surface area contributed by atoms with E-state index in [1.807, 2.05) is 19.9 Å². The van der Waals surface area contributed by atoms with Gasteiger partial charge in [-0.15, -0.1) is 0 Å². The van der Waals surface area contributed by atoms with E-state index in [4.69, 9.17) is 20.3 Å². The molecule has 0 unspecified atom stereocenters. The number of carboxylic acid groups (broad SMARTS) is 1. The normalized spacial score (nSPS) is 18.1. The van der Waals surface area contributed by atoms with E-state index in [1.165, 1.54) is 80.2 Å². The number of hydrogen-bond acceptors (Lipinski definition) is 21. The van der Waals surface area contributed by atoms with Crippen molar-refractivity contribution in [3.8, 4) is 0 Å². The number of nitrogens with zero attached hydrogens (tertiary/aromatic N) is 5. The second-order valence-corrected chi connectivity index (χ2v) is 34.1. The van der Waals surface area contributed by atoms with Gasteiger partial charge in [0.2, 0.25) is 30.1 Å². The second kappa shape index (κ2) is 37.7. The summed E-state index contributed by atoms with van der Waals surface area (Å²) in [5, 5.41) is 24.3. The van der Waals surface area contributed by atoms with Crippen LogP contribution in [0, 0.1) is 38.5 Å². The molecular weight excluding hydrogens is 1460 g/mol. The number of nitrogen functional groups attached to an aromatic ring is 1. The minimum atomic E-state index is -3.66. The largest absolute Gasteiger partial charge is 0.474 e. The van der Waals surface area contributed by atoms with Crippen LogP contribution in [0.4, 0.5) is 44.1 Å². The molecule has 3 saturated heterocycles. The second-order valence-electron chi connectivity index (χ2n) is 28.4. The summed E-state index contributed by atoms with van der Waals surface area (Å²) in [7, 11) is -6.52. The maximum Gasteiger partial charge on any atom is 0.413 e. The monoisotopic (exact) mass is 1550 g/mol. The Morgan fingerprint density at radius 1 is 0.481 bits per heavy atom. The van der Waals surface area contributed by atoms with Crippen molar-refractivity contribution in [2.45, 2.75) is 166 Å². The number of pyridine rings is 3. The van der Waals surface area contributed by atoms with Crippen LogP contribution in [0.1, 0.15) is 152 Å². The van der Waals surface area contributed by atoms with Gasteiger partial charge in [0.05, 0.1) is 62.4 Å². The molecule has 3 fully saturated rings. The number of anilines is 6. The molecule has 6 heterocycles. The maximum atomic E-state index is 13.3. The Labute approximate surface area is 630 Å². The minimum Gasteiger partial charge on any atom is -0.474 e. The molecule has 9 rings (SSSR count). The predicted octanol–water partition coefficient (Wildman–Crippen LogP) is 8.82. The number of aromatic nitrogens is 3. The molecule has 3 aromatic carbocycles. The molecule has 0 aliphatic carbocycles. The van der Waals surface area contributed by atoms with E-state index >= 15 is 0 Å². The zero-order valence-electron chi connectivity index (χ0n) is 63.2. The topological polar surface area (TPSA) is 457 Å². The van der Waals surface area contributed by atoms with E-state index in [1.54, 1.807) is 123 Å². The van der Waals surface area contributed by atoms with Crippen LogP contribution < -0.4 is 51.8 Å². The molecule has 0 bridgehead atoms. The predicted molar refractivity (Wildman–Crippen MR) is 407 cm³/mol. The summed E-state index contributed by atoms with van der Waals surface area (Å²) in [5.74, 6) is -3.79. The van der Waals surface area contributed by atoms with Crippen molar-refractivity contribution >= 4 is 112 Å².